The molecule has 5 heteroatoms. The highest BCUT2D eigenvalue weighted by Gasteiger charge is 2.57. The first-order chi connectivity index (χ1) is 10.1. The van der Waals surface area contributed by atoms with Crippen molar-refractivity contribution in [1.82, 2.24) is 10.6 Å². The van der Waals surface area contributed by atoms with Crippen LogP contribution in [0.4, 0.5) is 0 Å². The first kappa shape index (κ1) is 15.8. The van der Waals surface area contributed by atoms with Crippen LogP contribution < -0.4 is 10.6 Å². The van der Waals surface area contributed by atoms with Gasteiger partial charge in [-0.2, -0.15) is 0 Å². The lowest BCUT2D eigenvalue weighted by atomic mass is 9.72. The fraction of sp³-hybridized carbons (Fsp3) is 0.588. The summed E-state index contributed by atoms with van der Waals surface area (Å²) < 4.78 is 6.26. The number of hydrogen-bond acceptors (Lipinski definition) is 3. The van der Waals surface area contributed by atoms with Crippen LogP contribution >= 0.6 is 11.6 Å². The summed E-state index contributed by atoms with van der Waals surface area (Å²) in [6, 6.07) is 7.41. The van der Waals surface area contributed by atoms with Crippen molar-refractivity contribution in [3.05, 3.63) is 34.9 Å². The van der Waals surface area contributed by atoms with Crippen LogP contribution in [0.5, 0.6) is 0 Å². The Labute approximate surface area is 136 Å². The maximum Gasteiger partial charge on any atom is 0.254 e. The van der Waals surface area contributed by atoms with Crippen LogP contribution in [0, 0.1) is 0 Å². The molecular formula is C17H23ClN2O2. The Balaban J connectivity index is 1.89. The lowest BCUT2D eigenvalue weighted by Crippen LogP contribution is -2.65. The van der Waals surface area contributed by atoms with E-state index in [-0.39, 0.29) is 17.0 Å². The Morgan fingerprint density at radius 3 is 2.18 bits per heavy atom. The van der Waals surface area contributed by atoms with Crippen molar-refractivity contribution in [2.24, 2.45) is 0 Å². The molecule has 0 radical (unpaired) electrons. The summed E-state index contributed by atoms with van der Waals surface area (Å²) in [5, 5.41) is 7.26. The van der Waals surface area contributed by atoms with Crippen molar-refractivity contribution in [1.29, 1.82) is 0 Å². The molecule has 0 saturated carbocycles. The Bertz CT molecular complexity index is 579. The molecule has 2 heterocycles. The second kappa shape index (κ2) is 4.95. The minimum absolute atomic E-state index is 0.0184. The number of hydrogen-bond donors (Lipinski definition) is 2. The first-order valence-electron chi connectivity index (χ1n) is 7.65. The zero-order chi connectivity index (χ0) is 16.2. The van der Waals surface area contributed by atoms with Crippen LogP contribution in [0.2, 0.25) is 5.02 Å². The number of carbonyl (C=O) groups excluding carboxylic acids is 1. The van der Waals surface area contributed by atoms with Gasteiger partial charge in [0, 0.05) is 34.5 Å². The van der Waals surface area contributed by atoms with Crippen LogP contribution in [-0.4, -0.2) is 22.6 Å². The molecule has 2 N–H and O–H groups in total. The molecule has 1 unspecified atom stereocenters. The van der Waals surface area contributed by atoms with E-state index in [4.69, 9.17) is 16.3 Å². The monoisotopic (exact) mass is 322 g/mol. The molecule has 1 atom stereocenters. The van der Waals surface area contributed by atoms with Gasteiger partial charge in [-0.05, 0) is 39.8 Å². The predicted octanol–water partition coefficient (Wildman–Crippen LogP) is 3.16. The second-order valence-corrected chi connectivity index (χ2v) is 8.20. The van der Waals surface area contributed by atoms with Crippen molar-refractivity contribution < 1.29 is 9.53 Å². The predicted molar refractivity (Wildman–Crippen MR) is 86.7 cm³/mol. The molecule has 4 nitrogen and oxygen atoms in total. The second-order valence-electron chi connectivity index (χ2n) is 7.76. The molecule has 2 aliphatic rings. The third-order valence-corrected chi connectivity index (χ3v) is 4.58. The van der Waals surface area contributed by atoms with Gasteiger partial charge in [-0.3, -0.25) is 4.79 Å². The summed E-state index contributed by atoms with van der Waals surface area (Å²) in [7, 11) is 0. The molecule has 1 aromatic carbocycles. The highest BCUT2D eigenvalue weighted by Crippen LogP contribution is 2.44. The van der Waals surface area contributed by atoms with Gasteiger partial charge in [-0.25, -0.2) is 0 Å². The number of piperidine rings is 1. The summed E-state index contributed by atoms with van der Waals surface area (Å²) in [5.41, 5.74) is -0.173. The van der Waals surface area contributed by atoms with Gasteiger partial charge in [-0.1, -0.05) is 23.7 Å². The van der Waals surface area contributed by atoms with Crippen LogP contribution in [0.1, 0.15) is 52.3 Å². The van der Waals surface area contributed by atoms with Crippen molar-refractivity contribution >= 4 is 17.5 Å². The lowest BCUT2D eigenvalue weighted by Gasteiger charge is -2.49. The molecule has 3 rings (SSSR count). The van der Waals surface area contributed by atoms with Gasteiger partial charge in [0.05, 0.1) is 0 Å². The quantitative estimate of drug-likeness (QED) is 0.835. The van der Waals surface area contributed by atoms with Crippen molar-refractivity contribution in [3.63, 3.8) is 0 Å². The molecule has 0 aromatic heterocycles. The molecule has 120 valence electrons. The van der Waals surface area contributed by atoms with E-state index in [1.807, 2.05) is 24.3 Å². The maximum absolute atomic E-state index is 12.7. The van der Waals surface area contributed by atoms with E-state index in [0.717, 1.165) is 5.56 Å². The van der Waals surface area contributed by atoms with E-state index in [0.29, 0.717) is 17.9 Å². The normalized spacial score (nSPS) is 28.6. The largest absolute Gasteiger partial charge is 0.338 e. The molecule has 1 amide bonds. The Kier molecular flexibility index (Phi) is 3.55. The average molecular weight is 323 g/mol. The van der Waals surface area contributed by atoms with Gasteiger partial charge in [-0.15, -0.1) is 0 Å². The Hall–Kier alpha value is -1.10. The summed E-state index contributed by atoms with van der Waals surface area (Å²) in [5.74, 6) is -0.0184. The molecule has 1 aromatic rings. The Morgan fingerprint density at radius 1 is 1.09 bits per heavy atom. The lowest BCUT2D eigenvalue weighted by molar-refractivity contribution is -0.146. The number of carbonyl (C=O) groups is 1. The Morgan fingerprint density at radius 2 is 1.64 bits per heavy atom. The highest BCUT2D eigenvalue weighted by atomic mass is 35.5. The molecule has 2 aliphatic heterocycles. The zero-order valence-electron chi connectivity index (χ0n) is 13.5. The van der Waals surface area contributed by atoms with Crippen molar-refractivity contribution in [2.75, 3.05) is 0 Å². The van der Waals surface area contributed by atoms with Gasteiger partial charge in [0.25, 0.3) is 5.91 Å². The van der Waals surface area contributed by atoms with E-state index in [1.54, 1.807) is 0 Å². The summed E-state index contributed by atoms with van der Waals surface area (Å²) in [6.07, 6.45) is 0.896. The fourth-order valence-electron chi connectivity index (χ4n) is 4.09. The van der Waals surface area contributed by atoms with Gasteiger partial charge in [0.1, 0.15) is 0 Å². The SMILES string of the molecule is CC1(C)CC2(CC(C)(C)N1)OC(c1ccc(Cl)cc1)NC2=O. The summed E-state index contributed by atoms with van der Waals surface area (Å²) >= 11 is 5.93. The number of ether oxygens (including phenoxy) is 1. The van der Waals surface area contributed by atoms with Gasteiger partial charge in [0.15, 0.2) is 11.8 Å². The smallest absolute Gasteiger partial charge is 0.254 e. The third kappa shape index (κ3) is 2.87. The van der Waals surface area contributed by atoms with Gasteiger partial charge in [0.2, 0.25) is 0 Å². The molecule has 2 fully saturated rings. The topological polar surface area (TPSA) is 50.4 Å². The van der Waals surface area contributed by atoms with Crippen LogP contribution in [-0.2, 0) is 9.53 Å². The van der Waals surface area contributed by atoms with Gasteiger partial charge < -0.3 is 15.4 Å². The van der Waals surface area contributed by atoms with Crippen LogP contribution in [0.25, 0.3) is 0 Å². The number of benzene rings is 1. The summed E-state index contributed by atoms with van der Waals surface area (Å²) in [4.78, 5) is 12.7. The van der Waals surface area contributed by atoms with Crippen LogP contribution in [0.15, 0.2) is 24.3 Å². The molecule has 1 spiro atoms. The summed E-state index contributed by atoms with van der Waals surface area (Å²) in [6.45, 7) is 8.45. The van der Waals surface area contributed by atoms with E-state index < -0.39 is 11.8 Å². The van der Waals surface area contributed by atoms with E-state index in [2.05, 4.69) is 38.3 Å². The number of rotatable bonds is 1. The van der Waals surface area contributed by atoms with Gasteiger partial charge >= 0.3 is 0 Å². The van der Waals surface area contributed by atoms with Crippen molar-refractivity contribution in [3.8, 4) is 0 Å². The first-order valence-corrected chi connectivity index (χ1v) is 8.02. The molecule has 0 bridgehead atoms. The minimum Gasteiger partial charge on any atom is -0.338 e. The average Bonchev–Trinajstić information content (AvgIpc) is 2.62. The molecule has 2 saturated heterocycles. The molecule has 0 aliphatic carbocycles. The maximum atomic E-state index is 12.7. The standard InChI is InChI=1S/C17H23ClN2O2/c1-15(2)9-17(10-16(3,4)20-15)14(21)19-13(22-17)11-5-7-12(18)8-6-11/h5-8,13,20H,9-10H2,1-4H3,(H,19,21). The zero-order valence-corrected chi connectivity index (χ0v) is 14.3. The highest BCUT2D eigenvalue weighted by molar-refractivity contribution is 6.30. The number of halogens is 1. The van der Waals surface area contributed by atoms with E-state index in [9.17, 15) is 4.79 Å². The third-order valence-electron chi connectivity index (χ3n) is 4.32. The number of nitrogens with one attached hydrogen (secondary N) is 2. The fourth-order valence-corrected chi connectivity index (χ4v) is 4.21. The van der Waals surface area contributed by atoms with Crippen LogP contribution in [0.3, 0.4) is 0 Å². The van der Waals surface area contributed by atoms with Crippen molar-refractivity contribution in [2.45, 2.75) is 63.4 Å². The van der Waals surface area contributed by atoms with E-state index >= 15 is 0 Å². The number of amides is 1. The molecule has 22 heavy (non-hydrogen) atoms. The van der Waals surface area contributed by atoms with E-state index in [1.165, 1.54) is 0 Å². The minimum atomic E-state index is -0.775. The molecular weight excluding hydrogens is 300 g/mol.